The quantitative estimate of drug-likeness (QED) is 0.358. The number of hydrogen-bond donors (Lipinski definition) is 3. The lowest BCUT2D eigenvalue weighted by molar-refractivity contribution is -0.119. The largest absolute Gasteiger partial charge is 0.490 e. The van der Waals surface area contributed by atoms with Gasteiger partial charge in [-0.05, 0) is 49.3 Å². The van der Waals surface area contributed by atoms with E-state index < -0.39 is 28.2 Å². The highest BCUT2D eigenvalue weighted by Crippen LogP contribution is 2.34. The van der Waals surface area contributed by atoms with Crippen LogP contribution in [-0.4, -0.2) is 69.3 Å². The predicted octanol–water partition coefficient (Wildman–Crippen LogP) is 1.10. The van der Waals surface area contributed by atoms with Crippen molar-refractivity contribution in [1.29, 1.82) is 0 Å². The number of nitrogens with zero attached hydrogens (tertiary/aromatic N) is 1. The van der Waals surface area contributed by atoms with E-state index >= 15 is 0 Å². The number of unbranched alkanes of at least 4 members (excludes halogenated alkanes) is 2. The lowest BCUT2D eigenvalue weighted by Crippen LogP contribution is -2.43. The first-order chi connectivity index (χ1) is 15.8. The Bertz CT molecular complexity index is 938. The standard InChI is InChI=1S/C22H32FN3O6S/c23-18-7-6-16(10-19(18)32-12-15-4-5-15)21(17-13-31-14-17)25-33(29,30)9-3-1-2-8-26-11-20(27)24-22(26)28/h6-7,10,15,17,21-22,25,28H,1-5,8-9,11-14H2,(H,24,27)/t21-,22?/m0/s1. The molecule has 33 heavy (non-hydrogen) atoms. The number of carbonyl (C=O) groups excluding carboxylic acids is 1. The molecule has 0 bridgehead atoms. The van der Waals surface area contributed by atoms with Crippen LogP contribution < -0.4 is 14.8 Å². The van der Waals surface area contributed by atoms with Gasteiger partial charge in [0.2, 0.25) is 15.9 Å². The maximum absolute atomic E-state index is 14.2. The third kappa shape index (κ3) is 6.86. The second kappa shape index (κ2) is 10.6. The highest BCUT2D eigenvalue weighted by atomic mass is 32.2. The van der Waals surface area contributed by atoms with Crippen molar-refractivity contribution in [3.05, 3.63) is 29.6 Å². The number of carbonyl (C=O) groups is 1. The van der Waals surface area contributed by atoms with E-state index in [9.17, 15) is 22.7 Å². The van der Waals surface area contributed by atoms with Crippen LogP contribution in [0.1, 0.15) is 43.7 Å². The molecule has 3 aliphatic rings. The van der Waals surface area contributed by atoms with Crippen LogP contribution in [0.25, 0.3) is 0 Å². The molecular weight excluding hydrogens is 453 g/mol. The summed E-state index contributed by atoms with van der Waals surface area (Å²) in [5.41, 5.74) is 0.666. The molecule has 11 heteroatoms. The van der Waals surface area contributed by atoms with E-state index in [1.165, 1.54) is 6.07 Å². The fourth-order valence-electron chi connectivity index (χ4n) is 3.99. The lowest BCUT2D eigenvalue weighted by atomic mass is 9.92. The Morgan fingerprint density at radius 2 is 2.06 bits per heavy atom. The number of rotatable bonds is 13. The van der Waals surface area contributed by atoms with Crippen molar-refractivity contribution < 1.29 is 32.2 Å². The number of aliphatic hydroxyl groups is 1. The molecular formula is C22H32FN3O6S. The van der Waals surface area contributed by atoms with E-state index in [1.807, 2.05) is 0 Å². The number of amides is 1. The molecule has 0 radical (unpaired) electrons. The molecule has 0 spiro atoms. The second-order valence-electron chi connectivity index (χ2n) is 9.13. The first kappa shape index (κ1) is 24.3. The van der Waals surface area contributed by atoms with E-state index in [1.54, 1.807) is 17.0 Å². The van der Waals surface area contributed by atoms with Crippen LogP contribution in [0.4, 0.5) is 4.39 Å². The summed E-state index contributed by atoms with van der Waals surface area (Å²) in [6, 6.07) is 4.01. The number of nitrogens with one attached hydrogen (secondary N) is 2. The van der Waals surface area contributed by atoms with Crippen molar-refractivity contribution in [3.8, 4) is 5.75 Å². The molecule has 1 aromatic rings. The Balaban J connectivity index is 1.30. The van der Waals surface area contributed by atoms with Gasteiger partial charge >= 0.3 is 0 Å². The molecule has 9 nitrogen and oxygen atoms in total. The number of sulfonamides is 1. The number of hydrogen-bond acceptors (Lipinski definition) is 7. The van der Waals surface area contributed by atoms with Crippen LogP contribution in [0.15, 0.2) is 18.2 Å². The molecule has 0 aromatic heterocycles. The molecule has 1 amide bonds. The molecule has 1 saturated carbocycles. The molecule has 184 valence electrons. The van der Waals surface area contributed by atoms with E-state index in [0.717, 1.165) is 12.8 Å². The Kier molecular flexibility index (Phi) is 7.85. The Morgan fingerprint density at radius 1 is 1.27 bits per heavy atom. The van der Waals surface area contributed by atoms with Crippen LogP contribution in [-0.2, 0) is 19.6 Å². The van der Waals surface area contributed by atoms with Gasteiger partial charge in [0, 0.05) is 12.5 Å². The summed E-state index contributed by atoms with van der Waals surface area (Å²) in [4.78, 5) is 12.9. The number of halogens is 1. The van der Waals surface area contributed by atoms with Crippen molar-refractivity contribution in [3.63, 3.8) is 0 Å². The number of ether oxygens (including phenoxy) is 2. The fraction of sp³-hybridized carbons (Fsp3) is 0.682. The van der Waals surface area contributed by atoms with Gasteiger partial charge in [-0.1, -0.05) is 12.5 Å². The van der Waals surface area contributed by atoms with Crippen LogP contribution in [0.5, 0.6) is 5.75 Å². The Morgan fingerprint density at radius 3 is 2.70 bits per heavy atom. The number of benzene rings is 1. The molecule has 3 N–H and O–H groups in total. The zero-order valence-electron chi connectivity index (χ0n) is 18.5. The highest BCUT2D eigenvalue weighted by Gasteiger charge is 2.33. The minimum atomic E-state index is -3.58. The monoisotopic (exact) mass is 485 g/mol. The van der Waals surface area contributed by atoms with Crippen LogP contribution in [0.3, 0.4) is 0 Å². The summed E-state index contributed by atoms with van der Waals surface area (Å²) in [6.07, 6.45) is 2.98. The smallest absolute Gasteiger partial charge is 0.237 e. The third-order valence-corrected chi connectivity index (χ3v) is 7.71. The van der Waals surface area contributed by atoms with Crippen LogP contribution in [0, 0.1) is 17.7 Å². The normalized spacial score (nSPS) is 22.7. The summed E-state index contributed by atoms with van der Waals surface area (Å²) in [6.45, 7) is 2.01. The van der Waals surface area contributed by atoms with E-state index in [0.29, 0.717) is 57.1 Å². The third-order valence-electron chi connectivity index (χ3n) is 6.27. The van der Waals surface area contributed by atoms with Gasteiger partial charge in [-0.3, -0.25) is 9.69 Å². The predicted molar refractivity (Wildman–Crippen MR) is 118 cm³/mol. The first-order valence-corrected chi connectivity index (χ1v) is 13.2. The zero-order valence-corrected chi connectivity index (χ0v) is 19.4. The molecule has 1 aliphatic carbocycles. The fourth-order valence-corrected chi connectivity index (χ4v) is 5.41. The van der Waals surface area contributed by atoms with E-state index in [-0.39, 0.29) is 29.9 Å². The van der Waals surface area contributed by atoms with Gasteiger partial charge in [0.25, 0.3) is 0 Å². The molecule has 3 fully saturated rings. The maximum Gasteiger partial charge on any atom is 0.237 e. The van der Waals surface area contributed by atoms with Crippen LogP contribution >= 0.6 is 0 Å². The van der Waals surface area contributed by atoms with Crippen molar-refractivity contribution in [2.45, 2.75) is 44.5 Å². The molecule has 2 atom stereocenters. The minimum absolute atomic E-state index is 0.0248. The zero-order chi connectivity index (χ0) is 23.4. The van der Waals surface area contributed by atoms with Crippen molar-refractivity contribution in [1.82, 2.24) is 14.9 Å². The molecule has 4 rings (SSSR count). The SMILES string of the molecule is O=C1CN(CCCCCS(=O)(=O)N[C@@H](c2ccc(F)c(OCC3CC3)c2)C2COC2)C(O)N1. The average Bonchev–Trinajstić information content (AvgIpc) is 3.49. The Hall–Kier alpha value is -1.79. The van der Waals surface area contributed by atoms with Crippen LogP contribution in [0.2, 0.25) is 0 Å². The van der Waals surface area contributed by atoms with Crippen molar-refractivity contribution >= 4 is 15.9 Å². The summed E-state index contributed by atoms with van der Waals surface area (Å²) < 4.78 is 53.5. The van der Waals surface area contributed by atoms with Gasteiger partial charge in [-0.25, -0.2) is 17.5 Å². The molecule has 2 heterocycles. The molecule has 2 saturated heterocycles. The summed E-state index contributed by atoms with van der Waals surface area (Å²) in [7, 11) is -3.58. The second-order valence-corrected chi connectivity index (χ2v) is 11.0. The summed E-state index contributed by atoms with van der Waals surface area (Å²) >= 11 is 0. The maximum atomic E-state index is 14.2. The molecule has 2 aliphatic heterocycles. The van der Waals surface area contributed by atoms with E-state index in [4.69, 9.17) is 9.47 Å². The first-order valence-electron chi connectivity index (χ1n) is 11.5. The lowest BCUT2D eigenvalue weighted by Gasteiger charge is -2.34. The van der Waals surface area contributed by atoms with Gasteiger partial charge in [0.05, 0.1) is 38.2 Å². The van der Waals surface area contributed by atoms with Gasteiger partial charge in [-0.15, -0.1) is 0 Å². The molecule has 1 aromatic carbocycles. The minimum Gasteiger partial charge on any atom is -0.490 e. The summed E-state index contributed by atoms with van der Waals surface area (Å²) in [5.74, 6) is -0.103. The molecule has 1 unspecified atom stereocenters. The van der Waals surface area contributed by atoms with Gasteiger partial charge in [-0.2, -0.15) is 0 Å². The van der Waals surface area contributed by atoms with Gasteiger partial charge in [0.1, 0.15) is 0 Å². The highest BCUT2D eigenvalue weighted by molar-refractivity contribution is 7.89. The van der Waals surface area contributed by atoms with Crippen molar-refractivity contribution in [2.75, 3.05) is 38.7 Å². The Labute approximate surface area is 193 Å². The topological polar surface area (TPSA) is 117 Å². The van der Waals surface area contributed by atoms with Gasteiger partial charge in [0.15, 0.2) is 17.9 Å². The number of aliphatic hydroxyl groups excluding tert-OH is 1. The van der Waals surface area contributed by atoms with Gasteiger partial charge < -0.3 is 19.9 Å². The van der Waals surface area contributed by atoms with E-state index in [2.05, 4.69) is 10.0 Å². The van der Waals surface area contributed by atoms with Crippen molar-refractivity contribution in [2.24, 2.45) is 11.8 Å². The average molecular weight is 486 g/mol. The summed E-state index contributed by atoms with van der Waals surface area (Å²) in [5, 5.41) is 12.1.